The van der Waals surface area contributed by atoms with Gasteiger partial charge in [-0.05, 0) is 124 Å². The van der Waals surface area contributed by atoms with Gasteiger partial charge in [0.25, 0.3) is 0 Å². The van der Waals surface area contributed by atoms with Crippen molar-refractivity contribution in [1.82, 2.24) is 0 Å². The number of hydrogen-bond acceptors (Lipinski definition) is 1. The molecule has 0 N–H and O–H groups in total. The summed E-state index contributed by atoms with van der Waals surface area (Å²) in [6, 6.07) is 54.0. The summed E-state index contributed by atoms with van der Waals surface area (Å²) < 4.78 is 6.36. The van der Waals surface area contributed by atoms with Crippen LogP contribution < -0.4 is 0 Å². The molecule has 10 aromatic rings. The summed E-state index contributed by atoms with van der Waals surface area (Å²) in [7, 11) is 0. The molecular weight excluding hydrogens is 581 g/mol. The zero-order valence-corrected chi connectivity index (χ0v) is 26.8. The van der Waals surface area contributed by atoms with Crippen molar-refractivity contribution in [3.05, 3.63) is 157 Å². The predicted octanol–water partition coefficient (Wildman–Crippen LogP) is 13.3. The smallest absolute Gasteiger partial charge is 0.136 e. The average Bonchev–Trinajstić information content (AvgIpc) is 3.61. The van der Waals surface area contributed by atoms with Crippen molar-refractivity contribution in [2.24, 2.45) is 0 Å². The highest BCUT2D eigenvalue weighted by atomic mass is 16.3. The van der Waals surface area contributed by atoms with Gasteiger partial charge in [0.15, 0.2) is 0 Å². The molecule has 0 saturated carbocycles. The molecule has 1 nitrogen and oxygen atoms in total. The summed E-state index contributed by atoms with van der Waals surface area (Å²) in [4.78, 5) is 0. The fourth-order valence-electron chi connectivity index (χ4n) is 9.00. The van der Waals surface area contributed by atoms with Gasteiger partial charge in [-0.1, -0.05) is 123 Å². The average molecular weight is 611 g/mol. The molecule has 0 radical (unpaired) electrons. The van der Waals surface area contributed by atoms with E-state index in [-0.39, 0.29) is 5.41 Å². The molecule has 0 spiro atoms. The van der Waals surface area contributed by atoms with Crippen LogP contribution in [0.1, 0.15) is 25.0 Å². The number of fused-ring (bicyclic) bond motifs is 6. The van der Waals surface area contributed by atoms with Gasteiger partial charge < -0.3 is 4.42 Å². The number of benzene rings is 9. The highest BCUT2D eigenvalue weighted by Gasteiger charge is 2.36. The Kier molecular flexibility index (Phi) is 4.97. The number of rotatable bonds is 2. The maximum absolute atomic E-state index is 6.36. The van der Waals surface area contributed by atoms with Crippen LogP contribution in [0, 0.1) is 0 Å². The largest absolute Gasteiger partial charge is 0.456 e. The lowest BCUT2D eigenvalue weighted by molar-refractivity contribution is 0.661. The van der Waals surface area contributed by atoms with E-state index in [0.29, 0.717) is 0 Å². The standard InChI is InChI=1S/C47H30O/c1-47(2)39-22-21-30(24-36(39)37-23-27-11-3-4-12-28(27)26-40(37)47)43-31-14-5-7-16-33(31)45(34-17-8-6-15-32(34)43)38-25-29-13-9-19-41-44(29)46-35(38)18-10-20-42(46)48-41/h3-26H,1-2H3. The van der Waals surface area contributed by atoms with Crippen LogP contribution in [0.15, 0.2) is 150 Å². The lowest BCUT2D eigenvalue weighted by atomic mass is 9.81. The van der Waals surface area contributed by atoms with Gasteiger partial charge in [-0.2, -0.15) is 0 Å². The van der Waals surface area contributed by atoms with Crippen molar-refractivity contribution < 1.29 is 4.42 Å². The third kappa shape index (κ3) is 3.31. The van der Waals surface area contributed by atoms with E-state index < -0.39 is 0 Å². The Labute approximate surface area is 278 Å². The first-order valence-electron chi connectivity index (χ1n) is 16.8. The fraction of sp³-hybridized carbons (Fsp3) is 0.0638. The Bertz CT molecular complexity index is 2910. The van der Waals surface area contributed by atoms with Crippen LogP contribution in [0.3, 0.4) is 0 Å². The zero-order chi connectivity index (χ0) is 31.7. The van der Waals surface area contributed by atoms with Crippen molar-refractivity contribution in [2.75, 3.05) is 0 Å². The normalized spacial score (nSPS) is 13.8. The van der Waals surface area contributed by atoms with Crippen LogP contribution in [-0.4, -0.2) is 0 Å². The molecule has 0 aliphatic heterocycles. The molecule has 1 aliphatic rings. The van der Waals surface area contributed by atoms with E-state index in [1.54, 1.807) is 0 Å². The molecule has 48 heavy (non-hydrogen) atoms. The van der Waals surface area contributed by atoms with Crippen molar-refractivity contribution in [3.63, 3.8) is 0 Å². The summed E-state index contributed by atoms with van der Waals surface area (Å²) in [5.74, 6) is 0. The minimum Gasteiger partial charge on any atom is -0.456 e. The molecule has 0 bridgehead atoms. The quantitative estimate of drug-likeness (QED) is 0.140. The van der Waals surface area contributed by atoms with Gasteiger partial charge >= 0.3 is 0 Å². The van der Waals surface area contributed by atoms with Gasteiger partial charge in [0.1, 0.15) is 11.2 Å². The van der Waals surface area contributed by atoms with Crippen LogP contribution in [-0.2, 0) is 5.41 Å². The Balaban J connectivity index is 1.23. The topological polar surface area (TPSA) is 13.1 Å². The molecule has 1 heteroatoms. The van der Waals surface area contributed by atoms with Crippen LogP contribution >= 0.6 is 0 Å². The molecule has 0 unspecified atom stereocenters. The zero-order valence-electron chi connectivity index (χ0n) is 26.8. The van der Waals surface area contributed by atoms with Crippen LogP contribution in [0.25, 0.3) is 98.4 Å². The van der Waals surface area contributed by atoms with Crippen LogP contribution in [0.4, 0.5) is 0 Å². The molecular formula is C47H30O. The SMILES string of the molecule is CC1(C)c2ccc(-c3c4ccccc4c(-c4cc5cccc6oc7cccc4c7c56)c4ccccc34)cc2-c2cc3ccccc3cc21. The second kappa shape index (κ2) is 9.12. The van der Waals surface area contributed by atoms with Gasteiger partial charge in [0.2, 0.25) is 0 Å². The molecule has 11 rings (SSSR count). The predicted molar refractivity (Wildman–Crippen MR) is 203 cm³/mol. The van der Waals surface area contributed by atoms with Crippen molar-refractivity contribution in [3.8, 4) is 33.4 Å². The molecule has 1 aromatic heterocycles. The van der Waals surface area contributed by atoms with E-state index >= 15 is 0 Å². The highest BCUT2D eigenvalue weighted by molar-refractivity contribution is 6.29. The van der Waals surface area contributed by atoms with Crippen LogP contribution in [0.5, 0.6) is 0 Å². The van der Waals surface area contributed by atoms with E-state index in [1.165, 1.54) is 98.4 Å². The van der Waals surface area contributed by atoms with E-state index in [0.717, 1.165) is 11.2 Å². The fourth-order valence-corrected chi connectivity index (χ4v) is 9.00. The van der Waals surface area contributed by atoms with Crippen molar-refractivity contribution in [1.29, 1.82) is 0 Å². The first kappa shape index (κ1) is 26.2. The molecule has 1 heterocycles. The van der Waals surface area contributed by atoms with Gasteiger partial charge in [0.05, 0.1) is 0 Å². The van der Waals surface area contributed by atoms with E-state index in [9.17, 15) is 0 Å². The highest BCUT2D eigenvalue weighted by Crippen LogP contribution is 2.53. The lowest BCUT2D eigenvalue weighted by Crippen LogP contribution is -2.14. The molecule has 0 saturated heterocycles. The Morgan fingerprint density at radius 3 is 1.67 bits per heavy atom. The van der Waals surface area contributed by atoms with Gasteiger partial charge in [-0.25, -0.2) is 0 Å². The van der Waals surface area contributed by atoms with Crippen LogP contribution in [0.2, 0.25) is 0 Å². The Morgan fingerprint density at radius 1 is 0.396 bits per heavy atom. The van der Waals surface area contributed by atoms with E-state index in [1.807, 2.05) is 0 Å². The molecule has 0 atom stereocenters. The third-order valence-electron chi connectivity index (χ3n) is 11.2. The van der Waals surface area contributed by atoms with Gasteiger partial charge in [-0.3, -0.25) is 0 Å². The molecule has 9 aromatic carbocycles. The summed E-state index contributed by atoms with van der Waals surface area (Å²) in [6.45, 7) is 4.74. The minimum atomic E-state index is -0.0650. The monoisotopic (exact) mass is 610 g/mol. The van der Waals surface area contributed by atoms with Gasteiger partial charge in [0, 0.05) is 16.2 Å². The van der Waals surface area contributed by atoms with Gasteiger partial charge in [-0.15, -0.1) is 0 Å². The number of furan rings is 1. The molecule has 1 aliphatic carbocycles. The first-order chi connectivity index (χ1) is 23.6. The number of hydrogen-bond donors (Lipinski definition) is 0. The second-order valence-electron chi connectivity index (χ2n) is 14.0. The molecule has 224 valence electrons. The second-order valence-corrected chi connectivity index (χ2v) is 14.0. The first-order valence-corrected chi connectivity index (χ1v) is 16.8. The third-order valence-corrected chi connectivity index (χ3v) is 11.2. The Morgan fingerprint density at radius 2 is 0.938 bits per heavy atom. The van der Waals surface area contributed by atoms with Crippen molar-refractivity contribution in [2.45, 2.75) is 19.3 Å². The maximum Gasteiger partial charge on any atom is 0.136 e. The Hall–Kier alpha value is -5.92. The minimum absolute atomic E-state index is 0.0650. The van der Waals surface area contributed by atoms with E-state index in [2.05, 4.69) is 159 Å². The lowest BCUT2D eigenvalue weighted by Gasteiger charge is -2.22. The van der Waals surface area contributed by atoms with E-state index in [4.69, 9.17) is 4.42 Å². The van der Waals surface area contributed by atoms with Crippen molar-refractivity contribution >= 4 is 65.0 Å². The molecule has 0 fully saturated rings. The summed E-state index contributed by atoms with van der Waals surface area (Å²) in [5.41, 5.74) is 12.4. The molecule has 0 amide bonds. The maximum atomic E-state index is 6.36. The summed E-state index contributed by atoms with van der Waals surface area (Å²) >= 11 is 0. The summed E-state index contributed by atoms with van der Waals surface area (Å²) in [6.07, 6.45) is 0. The summed E-state index contributed by atoms with van der Waals surface area (Å²) in [5, 5.41) is 12.5.